The maximum Gasteiger partial charge on any atom is 0.251 e. The zero-order valence-corrected chi connectivity index (χ0v) is 9.92. The Morgan fingerprint density at radius 1 is 1.41 bits per heavy atom. The van der Waals surface area contributed by atoms with Crippen LogP contribution in [0.5, 0.6) is 0 Å². The summed E-state index contributed by atoms with van der Waals surface area (Å²) >= 11 is 0. The zero-order valence-electron chi connectivity index (χ0n) is 9.92. The van der Waals surface area contributed by atoms with Crippen LogP contribution in [0.4, 0.5) is 10.1 Å². The fraction of sp³-hybridized carbons (Fsp3) is 0.462. The van der Waals surface area contributed by atoms with Gasteiger partial charge in [-0.2, -0.15) is 0 Å². The van der Waals surface area contributed by atoms with Crippen LogP contribution in [0, 0.1) is 5.82 Å². The Morgan fingerprint density at radius 3 is 2.65 bits per heavy atom. The van der Waals surface area contributed by atoms with E-state index in [-0.39, 0.29) is 17.1 Å². The van der Waals surface area contributed by atoms with Gasteiger partial charge in [0.15, 0.2) is 0 Å². The van der Waals surface area contributed by atoms with Gasteiger partial charge in [0.25, 0.3) is 5.91 Å². The molecule has 0 aliphatic heterocycles. The van der Waals surface area contributed by atoms with Gasteiger partial charge in [-0.3, -0.25) is 4.79 Å². The number of hydrogen-bond donors (Lipinski definition) is 2. The zero-order chi connectivity index (χ0) is 12.5. The number of anilines is 1. The van der Waals surface area contributed by atoms with Crippen LogP contribution in [0.15, 0.2) is 18.2 Å². The van der Waals surface area contributed by atoms with Crippen molar-refractivity contribution in [3.8, 4) is 0 Å². The molecule has 0 radical (unpaired) electrons. The van der Waals surface area contributed by atoms with Crippen molar-refractivity contribution >= 4 is 11.6 Å². The maximum atomic E-state index is 13.2. The van der Waals surface area contributed by atoms with Crippen molar-refractivity contribution in [1.29, 1.82) is 0 Å². The first-order chi connectivity index (χ1) is 8.00. The highest BCUT2D eigenvalue weighted by Gasteiger charge is 2.30. The molecule has 0 saturated heterocycles. The van der Waals surface area contributed by atoms with Gasteiger partial charge in [0.1, 0.15) is 5.82 Å². The number of nitrogen functional groups attached to an aromatic ring is 1. The normalized spacial score (nSPS) is 18.0. The third-order valence-electron chi connectivity index (χ3n) is 3.39. The predicted molar refractivity (Wildman–Crippen MR) is 65.2 cm³/mol. The summed E-state index contributed by atoms with van der Waals surface area (Å²) in [4.78, 5) is 12.0. The lowest BCUT2D eigenvalue weighted by Gasteiger charge is -2.25. The molecule has 17 heavy (non-hydrogen) atoms. The van der Waals surface area contributed by atoms with E-state index in [0.29, 0.717) is 5.56 Å². The molecule has 1 aliphatic rings. The number of nitrogens with one attached hydrogen (secondary N) is 1. The van der Waals surface area contributed by atoms with Gasteiger partial charge < -0.3 is 11.1 Å². The van der Waals surface area contributed by atoms with Gasteiger partial charge >= 0.3 is 0 Å². The lowest BCUT2D eigenvalue weighted by molar-refractivity contribution is 0.0907. The summed E-state index contributed by atoms with van der Waals surface area (Å²) in [6.45, 7) is 2.03. The SMILES string of the molecule is CC1(NC(=O)c2ccc(N)c(F)c2)CCCC1. The van der Waals surface area contributed by atoms with E-state index in [2.05, 4.69) is 5.32 Å². The molecular formula is C13H17FN2O. The van der Waals surface area contributed by atoms with Crippen molar-refractivity contribution in [3.05, 3.63) is 29.6 Å². The van der Waals surface area contributed by atoms with E-state index in [9.17, 15) is 9.18 Å². The van der Waals surface area contributed by atoms with Gasteiger partial charge in [-0.05, 0) is 38.0 Å². The van der Waals surface area contributed by atoms with Crippen LogP contribution in [0.3, 0.4) is 0 Å². The van der Waals surface area contributed by atoms with Crippen LogP contribution < -0.4 is 11.1 Å². The lowest BCUT2D eigenvalue weighted by atomic mass is 10.00. The number of rotatable bonds is 2. The number of benzene rings is 1. The van der Waals surface area contributed by atoms with Gasteiger partial charge in [0, 0.05) is 11.1 Å². The van der Waals surface area contributed by atoms with Gasteiger partial charge in [0.05, 0.1) is 5.69 Å². The van der Waals surface area contributed by atoms with Crippen molar-refractivity contribution in [2.75, 3.05) is 5.73 Å². The summed E-state index contributed by atoms with van der Waals surface area (Å²) in [5, 5.41) is 2.97. The van der Waals surface area contributed by atoms with Crippen LogP contribution in [0.2, 0.25) is 0 Å². The van der Waals surface area contributed by atoms with Crippen LogP contribution in [0.1, 0.15) is 43.0 Å². The van der Waals surface area contributed by atoms with Gasteiger partial charge in [-0.25, -0.2) is 4.39 Å². The minimum Gasteiger partial charge on any atom is -0.396 e. The highest BCUT2D eigenvalue weighted by molar-refractivity contribution is 5.95. The average Bonchev–Trinajstić information content (AvgIpc) is 2.69. The first-order valence-corrected chi connectivity index (χ1v) is 5.88. The molecule has 0 heterocycles. The van der Waals surface area contributed by atoms with E-state index in [4.69, 9.17) is 5.73 Å². The van der Waals surface area contributed by atoms with Gasteiger partial charge in [0.2, 0.25) is 0 Å². The summed E-state index contributed by atoms with van der Waals surface area (Å²) in [5.74, 6) is -0.775. The molecule has 3 nitrogen and oxygen atoms in total. The minimum atomic E-state index is -0.547. The Labute approximate surface area is 100 Å². The van der Waals surface area contributed by atoms with E-state index in [0.717, 1.165) is 25.7 Å². The number of halogens is 1. The minimum absolute atomic E-state index is 0.0635. The monoisotopic (exact) mass is 236 g/mol. The molecule has 1 aliphatic carbocycles. The predicted octanol–water partition coefficient (Wildman–Crippen LogP) is 2.47. The molecule has 92 valence electrons. The summed E-state index contributed by atoms with van der Waals surface area (Å²) < 4.78 is 13.2. The fourth-order valence-corrected chi connectivity index (χ4v) is 2.29. The Morgan fingerprint density at radius 2 is 2.06 bits per heavy atom. The Bertz CT molecular complexity index is 439. The second kappa shape index (κ2) is 4.35. The van der Waals surface area contributed by atoms with E-state index < -0.39 is 5.82 Å². The average molecular weight is 236 g/mol. The highest BCUT2D eigenvalue weighted by Crippen LogP contribution is 2.29. The molecule has 0 atom stereocenters. The summed E-state index contributed by atoms with van der Waals surface area (Å²) in [6.07, 6.45) is 4.23. The summed E-state index contributed by atoms with van der Waals surface area (Å²) in [5.41, 5.74) is 5.62. The fourth-order valence-electron chi connectivity index (χ4n) is 2.29. The standard InChI is InChI=1S/C13H17FN2O/c1-13(6-2-3-7-13)16-12(17)9-4-5-11(15)10(14)8-9/h4-5,8H,2-3,6-7,15H2,1H3,(H,16,17). The van der Waals surface area contributed by atoms with Crippen molar-refractivity contribution < 1.29 is 9.18 Å². The number of carbonyl (C=O) groups is 1. The van der Waals surface area contributed by atoms with Crippen molar-refractivity contribution in [3.63, 3.8) is 0 Å². The summed E-state index contributed by atoms with van der Waals surface area (Å²) in [6, 6.07) is 4.15. The van der Waals surface area contributed by atoms with Gasteiger partial charge in [-0.1, -0.05) is 12.8 Å². The Kier molecular flexibility index (Phi) is 3.05. The molecule has 1 saturated carbocycles. The van der Waals surface area contributed by atoms with Gasteiger partial charge in [-0.15, -0.1) is 0 Å². The quantitative estimate of drug-likeness (QED) is 0.775. The molecular weight excluding hydrogens is 219 g/mol. The summed E-state index contributed by atoms with van der Waals surface area (Å²) in [7, 11) is 0. The molecule has 0 spiro atoms. The van der Waals surface area contributed by atoms with Crippen LogP contribution in [-0.4, -0.2) is 11.4 Å². The van der Waals surface area contributed by atoms with E-state index >= 15 is 0 Å². The second-order valence-corrected chi connectivity index (χ2v) is 4.96. The van der Waals surface area contributed by atoms with Crippen LogP contribution >= 0.6 is 0 Å². The molecule has 0 unspecified atom stereocenters. The molecule has 2 rings (SSSR count). The van der Waals surface area contributed by atoms with Crippen molar-refractivity contribution in [1.82, 2.24) is 5.32 Å². The molecule has 0 bridgehead atoms. The number of hydrogen-bond acceptors (Lipinski definition) is 2. The molecule has 1 fully saturated rings. The van der Waals surface area contributed by atoms with Crippen LogP contribution in [-0.2, 0) is 0 Å². The van der Waals surface area contributed by atoms with E-state index in [1.54, 1.807) is 6.07 Å². The molecule has 0 aromatic heterocycles. The van der Waals surface area contributed by atoms with Crippen molar-refractivity contribution in [2.24, 2.45) is 0 Å². The van der Waals surface area contributed by atoms with Crippen LogP contribution in [0.25, 0.3) is 0 Å². The third kappa shape index (κ3) is 2.57. The second-order valence-electron chi connectivity index (χ2n) is 4.96. The molecule has 1 aromatic carbocycles. The first kappa shape index (κ1) is 11.9. The highest BCUT2D eigenvalue weighted by atomic mass is 19.1. The first-order valence-electron chi connectivity index (χ1n) is 5.88. The smallest absolute Gasteiger partial charge is 0.251 e. The van der Waals surface area contributed by atoms with E-state index in [1.165, 1.54) is 12.1 Å². The molecule has 4 heteroatoms. The number of amides is 1. The molecule has 3 N–H and O–H groups in total. The lowest BCUT2D eigenvalue weighted by Crippen LogP contribution is -2.43. The Balaban J connectivity index is 2.11. The number of carbonyl (C=O) groups excluding carboxylic acids is 1. The van der Waals surface area contributed by atoms with E-state index in [1.807, 2.05) is 6.92 Å². The topological polar surface area (TPSA) is 55.1 Å². The molecule has 1 aromatic rings. The van der Waals surface area contributed by atoms with Crippen molar-refractivity contribution in [2.45, 2.75) is 38.1 Å². The molecule has 1 amide bonds. The third-order valence-corrected chi connectivity index (χ3v) is 3.39. The number of nitrogens with two attached hydrogens (primary N) is 1. The maximum absolute atomic E-state index is 13.2. The largest absolute Gasteiger partial charge is 0.396 e. The Hall–Kier alpha value is -1.58.